The Morgan fingerprint density at radius 3 is 2.45 bits per heavy atom. The van der Waals surface area contributed by atoms with E-state index in [0.29, 0.717) is 5.41 Å². The van der Waals surface area contributed by atoms with Crippen molar-refractivity contribution in [2.75, 3.05) is 13.2 Å². The predicted molar refractivity (Wildman–Crippen MR) is 37.7 cm³/mol. The largest absolute Gasteiger partial charge is 0.394 e. The predicted octanol–water partition coefficient (Wildman–Crippen LogP) is 0.935. The van der Waals surface area contributed by atoms with Crippen LogP contribution in [0.1, 0.15) is 25.7 Å². The van der Waals surface area contributed by atoms with Crippen molar-refractivity contribution in [1.29, 1.82) is 0 Å². The number of aliphatic hydroxyl groups is 1. The number of ether oxygens (including phenoxy) is 1. The maximum atomic E-state index is 8.79. The third-order valence-corrected chi connectivity index (χ3v) is 2.90. The van der Waals surface area contributed by atoms with E-state index in [0.717, 1.165) is 13.0 Å². The van der Waals surface area contributed by atoms with E-state index >= 15 is 0 Å². The standard InChI is InChI=1S/C8H14O2.V/c9-5-7-4-8(6-10-7)2-1-3-8;/h7,9H,1-6H2;. The fraction of sp³-hybridized carbons (Fsp3) is 1.00. The molecule has 63 valence electrons. The van der Waals surface area contributed by atoms with Crippen LogP contribution in [0.25, 0.3) is 0 Å². The minimum atomic E-state index is 0. The van der Waals surface area contributed by atoms with Gasteiger partial charge < -0.3 is 9.84 Å². The van der Waals surface area contributed by atoms with Gasteiger partial charge in [-0.25, -0.2) is 0 Å². The van der Waals surface area contributed by atoms with E-state index in [1.54, 1.807) is 0 Å². The number of aliphatic hydroxyl groups excluding tert-OH is 1. The smallest absolute Gasteiger partial charge is 0.0812 e. The zero-order valence-corrected chi connectivity index (χ0v) is 8.02. The van der Waals surface area contributed by atoms with Crippen LogP contribution in [-0.4, -0.2) is 24.4 Å². The van der Waals surface area contributed by atoms with Gasteiger partial charge in [0, 0.05) is 18.6 Å². The molecule has 3 heteroatoms. The molecule has 1 unspecified atom stereocenters. The summed E-state index contributed by atoms with van der Waals surface area (Å²) in [5.41, 5.74) is 0.507. The van der Waals surface area contributed by atoms with Gasteiger partial charge in [0.15, 0.2) is 0 Å². The monoisotopic (exact) mass is 193 g/mol. The topological polar surface area (TPSA) is 29.5 Å². The Hall–Kier alpha value is 0.504. The average molecular weight is 193 g/mol. The van der Waals surface area contributed by atoms with Gasteiger partial charge in [-0.1, -0.05) is 6.42 Å². The third-order valence-electron chi connectivity index (χ3n) is 2.90. The molecule has 0 bridgehead atoms. The molecule has 1 radical (unpaired) electrons. The van der Waals surface area contributed by atoms with Gasteiger partial charge in [0.2, 0.25) is 0 Å². The van der Waals surface area contributed by atoms with Crippen molar-refractivity contribution in [3.05, 3.63) is 0 Å². The molecule has 1 saturated heterocycles. The molecule has 1 aliphatic heterocycles. The van der Waals surface area contributed by atoms with Gasteiger partial charge in [-0.05, 0) is 24.7 Å². The van der Waals surface area contributed by atoms with Crippen molar-refractivity contribution in [2.45, 2.75) is 31.8 Å². The van der Waals surface area contributed by atoms with Crippen LogP contribution in [-0.2, 0) is 23.3 Å². The number of rotatable bonds is 1. The molecular weight excluding hydrogens is 179 g/mol. The summed E-state index contributed by atoms with van der Waals surface area (Å²) in [6.07, 6.45) is 5.26. The molecule has 1 N–H and O–H groups in total. The third kappa shape index (κ3) is 1.64. The van der Waals surface area contributed by atoms with Crippen LogP contribution in [0.4, 0.5) is 0 Å². The van der Waals surface area contributed by atoms with Crippen molar-refractivity contribution in [3.63, 3.8) is 0 Å². The van der Waals surface area contributed by atoms with E-state index in [9.17, 15) is 0 Å². The summed E-state index contributed by atoms with van der Waals surface area (Å²) in [4.78, 5) is 0. The molecule has 2 fully saturated rings. The molecule has 2 rings (SSSR count). The zero-order valence-electron chi connectivity index (χ0n) is 6.62. The Kier molecular flexibility index (Phi) is 3.04. The van der Waals surface area contributed by atoms with Crippen LogP contribution in [0.2, 0.25) is 0 Å². The van der Waals surface area contributed by atoms with Crippen molar-refractivity contribution < 1.29 is 28.4 Å². The van der Waals surface area contributed by atoms with Gasteiger partial charge >= 0.3 is 0 Å². The van der Waals surface area contributed by atoms with E-state index in [4.69, 9.17) is 9.84 Å². The van der Waals surface area contributed by atoms with Crippen molar-refractivity contribution >= 4 is 0 Å². The molecule has 1 saturated carbocycles. The molecule has 0 aromatic rings. The minimum Gasteiger partial charge on any atom is -0.394 e. The van der Waals surface area contributed by atoms with Crippen LogP contribution in [0.15, 0.2) is 0 Å². The van der Waals surface area contributed by atoms with Gasteiger partial charge in [0.05, 0.1) is 19.3 Å². The maximum Gasteiger partial charge on any atom is 0.0812 e. The Balaban J connectivity index is 0.000000605. The fourth-order valence-electron chi connectivity index (χ4n) is 2.04. The molecular formula is C8H14O2V. The number of hydrogen-bond donors (Lipinski definition) is 1. The Morgan fingerprint density at radius 1 is 1.45 bits per heavy atom. The van der Waals surface area contributed by atoms with Crippen LogP contribution in [0, 0.1) is 5.41 Å². The van der Waals surface area contributed by atoms with Gasteiger partial charge in [-0.2, -0.15) is 0 Å². The van der Waals surface area contributed by atoms with Crippen LogP contribution < -0.4 is 0 Å². The normalized spacial score (nSPS) is 33.0. The molecule has 1 atom stereocenters. The Morgan fingerprint density at radius 2 is 2.18 bits per heavy atom. The quantitative estimate of drug-likeness (QED) is 0.671. The van der Waals surface area contributed by atoms with Crippen LogP contribution in [0.3, 0.4) is 0 Å². The first-order valence-electron chi connectivity index (χ1n) is 4.07. The molecule has 1 aliphatic carbocycles. The van der Waals surface area contributed by atoms with Gasteiger partial charge in [0.1, 0.15) is 0 Å². The van der Waals surface area contributed by atoms with Crippen molar-refractivity contribution in [1.82, 2.24) is 0 Å². The first-order valence-corrected chi connectivity index (χ1v) is 4.07. The Labute approximate surface area is 79.2 Å². The average Bonchev–Trinajstić information content (AvgIpc) is 2.29. The van der Waals surface area contributed by atoms with Crippen LogP contribution >= 0.6 is 0 Å². The maximum absolute atomic E-state index is 8.79. The summed E-state index contributed by atoms with van der Waals surface area (Å²) in [7, 11) is 0. The summed E-state index contributed by atoms with van der Waals surface area (Å²) in [6, 6.07) is 0. The molecule has 1 heterocycles. The second-order valence-corrected chi connectivity index (χ2v) is 3.67. The van der Waals surface area contributed by atoms with Gasteiger partial charge in [-0.15, -0.1) is 0 Å². The number of hydrogen-bond acceptors (Lipinski definition) is 2. The van der Waals surface area contributed by atoms with E-state index in [2.05, 4.69) is 0 Å². The molecule has 0 aromatic carbocycles. The summed E-state index contributed by atoms with van der Waals surface area (Å²) in [6.45, 7) is 1.11. The molecule has 1 spiro atoms. The molecule has 0 amide bonds. The zero-order chi connectivity index (χ0) is 7.03. The van der Waals surface area contributed by atoms with E-state index in [1.807, 2.05) is 0 Å². The summed E-state index contributed by atoms with van der Waals surface area (Å²) in [5.74, 6) is 0. The van der Waals surface area contributed by atoms with Crippen molar-refractivity contribution in [2.24, 2.45) is 5.41 Å². The van der Waals surface area contributed by atoms with E-state index in [-0.39, 0.29) is 31.3 Å². The van der Waals surface area contributed by atoms with Crippen molar-refractivity contribution in [3.8, 4) is 0 Å². The summed E-state index contributed by atoms with van der Waals surface area (Å²) < 4.78 is 5.41. The fourth-order valence-corrected chi connectivity index (χ4v) is 2.04. The van der Waals surface area contributed by atoms with Gasteiger partial charge in [0.25, 0.3) is 0 Å². The molecule has 11 heavy (non-hydrogen) atoms. The molecule has 2 aliphatic rings. The van der Waals surface area contributed by atoms with Gasteiger partial charge in [-0.3, -0.25) is 0 Å². The first-order chi connectivity index (χ1) is 4.85. The van der Waals surface area contributed by atoms with Crippen LogP contribution in [0.5, 0.6) is 0 Å². The Bertz CT molecular complexity index is 134. The second-order valence-electron chi connectivity index (χ2n) is 3.67. The molecule has 2 nitrogen and oxygen atoms in total. The summed E-state index contributed by atoms with van der Waals surface area (Å²) >= 11 is 0. The second kappa shape index (κ2) is 3.48. The first kappa shape index (κ1) is 9.59. The van der Waals surface area contributed by atoms with E-state index in [1.165, 1.54) is 19.3 Å². The SMILES string of the molecule is OCC1CC2(CCC2)CO1.[V]. The van der Waals surface area contributed by atoms with E-state index < -0.39 is 0 Å². The molecule has 0 aromatic heterocycles. The summed E-state index contributed by atoms with van der Waals surface area (Å²) in [5, 5.41) is 8.79. The minimum absolute atomic E-state index is 0.